The number of nitrogens with zero attached hydrogens (tertiary/aromatic N) is 2. The molecular formula is C24H22Cl2N2O4S. The maximum Gasteiger partial charge on any atom is 0.294 e. The van der Waals surface area contributed by atoms with Crippen LogP contribution in [0.3, 0.4) is 0 Å². The van der Waals surface area contributed by atoms with Gasteiger partial charge >= 0.3 is 0 Å². The molecule has 0 aromatic heterocycles. The van der Waals surface area contributed by atoms with Gasteiger partial charge in [-0.15, -0.1) is 0 Å². The summed E-state index contributed by atoms with van der Waals surface area (Å²) in [6.07, 6.45) is 4.53. The summed E-state index contributed by atoms with van der Waals surface area (Å²) in [6, 6.07) is 12.9. The van der Waals surface area contributed by atoms with E-state index in [0.717, 1.165) is 41.5 Å². The molecule has 9 heteroatoms. The molecule has 0 unspecified atom stereocenters. The summed E-state index contributed by atoms with van der Waals surface area (Å²) in [5.41, 5.74) is 1.53. The van der Waals surface area contributed by atoms with Crippen LogP contribution in [0.15, 0.2) is 47.4 Å². The van der Waals surface area contributed by atoms with Gasteiger partial charge in [-0.1, -0.05) is 53.5 Å². The molecular weight excluding hydrogens is 483 g/mol. The number of ether oxygens (including phenoxy) is 1. The maximum absolute atomic E-state index is 12.8. The number of imide groups is 1. The number of hydrogen-bond acceptors (Lipinski definition) is 5. The average molecular weight is 505 g/mol. The number of rotatable bonds is 6. The van der Waals surface area contributed by atoms with Crippen molar-refractivity contribution in [2.24, 2.45) is 0 Å². The zero-order valence-electron chi connectivity index (χ0n) is 17.8. The summed E-state index contributed by atoms with van der Waals surface area (Å²) in [7, 11) is 0. The monoisotopic (exact) mass is 504 g/mol. The Morgan fingerprint density at radius 3 is 2.36 bits per heavy atom. The van der Waals surface area contributed by atoms with Crippen molar-refractivity contribution in [2.75, 3.05) is 19.6 Å². The van der Waals surface area contributed by atoms with E-state index in [1.165, 1.54) is 0 Å². The number of piperidine rings is 1. The number of carbonyl (C=O) groups excluding carboxylic acids is 3. The Labute approximate surface area is 206 Å². The van der Waals surface area contributed by atoms with E-state index in [1.54, 1.807) is 23.1 Å². The molecule has 0 atom stereocenters. The zero-order chi connectivity index (χ0) is 23.4. The van der Waals surface area contributed by atoms with Crippen molar-refractivity contribution in [2.45, 2.75) is 25.9 Å². The third kappa shape index (κ3) is 5.72. The van der Waals surface area contributed by atoms with Crippen molar-refractivity contribution in [3.63, 3.8) is 0 Å². The van der Waals surface area contributed by atoms with E-state index >= 15 is 0 Å². The van der Waals surface area contributed by atoms with Gasteiger partial charge in [-0.25, -0.2) is 0 Å². The average Bonchev–Trinajstić information content (AvgIpc) is 3.07. The lowest BCUT2D eigenvalue weighted by Gasteiger charge is -2.27. The van der Waals surface area contributed by atoms with Gasteiger partial charge in [0.05, 0.1) is 15.0 Å². The fourth-order valence-corrected chi connectivity index (χ4v) is 5.15. The van der Waals surface area contributed by atoms with Gasteiger partial charge in [0.25, 0.3) is 11.1 Å². The number of benzene rings is 2. The SMILES string of the molecule is O=C(CN1C(=O)S/C(=C\c2cc(Cl)c(OCc3ccccc3)c(Cl)c2)C1=O)N1CCCCC1. The number of carbonyl (C=O) groups is 3. The molecule has 33 heavy (non-hydrogen) atoms. The van der Waals surface area contributed by atoms with Gasteiger partial charge in [-0.2, -0.15) is 0 Å². The van der Waals surface area contributed by atoms with E-state index in [1.807, 2.05) is 30.3 Å². The van der Waals surface area contributed by atoms with Crippen LogP contribution in [0.1, 0.15) is 30.4 Å². The second kappa shape index (κ2) is 10.6. The number of likely N-dealkylation sites (tertiary alicyclic amines) is 1. The van der Waals surface area contributed by atoms with Crippen LogP contribution in [0.4, 0.5) is 4.79 Å². The number of hydrogen-bond donors (Lipinski definition) is 0. The van der Waals surface area contributed by atoms with E-state index in [9.17, 15) is 14.4 Å². The Balaban J connectivity index is 1.45. The fourth-order valence-electron chi connectivity index (χ4n) is 3.70. The first-order chi connectivity index (χ1) is 15.9. The van der Waals surface area contributed by atoms with E-state index in [-0.39, 0.29) is 17.4 Å². The molecule has 6 nitrogen and oxygen atoms in total. The van der Waals surface area contributed by atoms with Crippen molar-refractivity contribution < 1.29 is 19.1 Å². The summed E-state index contributed by atoms with van der Waals surface area (Å²) in [5, 5.41) is 0.130. The highest BCUT2D eigenvalue weighted by Gasteiger charge is 2.37. The van der Waals surface area contributed by atoms with Crippen molar-refractivity contribution in [3.05, 3.63) is 68.5 Å². The van der Waals surface area contributed by atoms with E-state index in [0.29, 0.717) is 41.1 Å². The molecule has 2 aliphatic rings. The molecule has 2 aromatic rings. The first kappa shape index (κ1) is 23.7. The fraction of sp³-hybridized carbons (Fsp3) is 0.292. The highest BCUT2D eigenvalue weighted by Crippen LogP contribution is 2.37. The first-order valence-corrected chi connectivity index (χ1v) is 12.2. The Morgan fingerprint density at radius 2 is 1.70 bits per heavy atom. The molecule has 0 bridgehead atoms. The predicted octanol–water partition coefficient (Wildman–Crippen LogP) is 5.62. The summed E-state index contributed by atoms with van der Waals surface area (Å²) in [5.74, 6) is -0.351. The van der Waals surface area contributed by atoms with Gasteiger partial charge in [-0.05, 0) is 60.4 Å². The molecule has 4 rings (SSSR count). The van der Waals surface area contributed by atoms with E-state index in [2.05, 4.69) is 0 Å². The minimum absolute atomic E-state index is 0.204. The Morgan fingerprint density at radius 1 is 1.03 bits per heavy atom. The largest absolute Gasteiger partial charge is 0.486 e. The molecule has 0 spiro atoms. The molecule has 0 saturated carbocycles. The minimum Gasteiger partial charge on any atom is -0.486 e. The molecule has 0 radical (unpaired) electrons. The van der Waals surface area contributed by atoms with Crippen molar-refractivity contribution in [3.8, 4) is 5.75 Å². The van der Waals surface area contributed by atoms with Crippen LogP contribution in [0.25, 0.3) is 6.08 Å². The minimum atomic E-state index is -0.494. The summed E-state index contributed by atoms with van der Waals surface area (Å²) >= 11 is 13.6. The van der Waals surface area contributed by atoms with Crippen molar-refractivity contribution in [1.29, 1.82) is 0 Å². The van der Waals surface area contributed by atoms with Crippen LogP contribution in [0, 0.1) is 0 Å². The molecule has 172 valence electrons. The third-order valence-corrected chi connectivity index (χ3v) is 6.89. The molecule has 2 aliphatic heterocycles. The van der Waals surface area contributed by atoms with E-state index in [4.69, 9.17) is 27.9 Å². The van der Waals surface area contributed by atoms with Gasteiger partial charge in [0.15, 0.2) is 5.75 Å². The summed E-state index contributed by atoms with van der Waals surface area (Å²) < 4.78 is 5.77. The van der Waals surface area contributed by atoms with Crippen LogP contribution in [0.5, 0.6) is 5.75 Å². The zero-order valence-corrected chi connectivity index (χ0v) is 20.1. The van der Waals surface area contributed by atoms with Crippen molar-refractivity contribution in [1.82, 2.24) is 9.80 Å². The highest BCUT2D eigenvalue weighted by atomic mass is 35.5. The van der Waals surface area contributed by atoms with Crippen LogP contribution in [0.2, 0.25) is 10.0 Å². The molecule has 2 aromatic carbocycles. The van der Waals surface area contributed by atoms with Gasteiger partial charge in [-0.3, -0.25) is 19.3 Å². The quantitative estimate of drug-likeness (QED) is 0.477. The van der Waals surface area contributed by atoms with Crippen LogP contribution >= 0.6 is 35.0 Å². The summed E-state index contributed by atoms with van der Waals surface area (Å²) in [6.45, 7) is 1.40. The highest BCUT2D eigenvalue weighted by molar-refractivity contribution is 8.18. The van der Waals surface area contributed by atoms with Crippen LogP contribution in [-0.2, 0) is 16.2 Å². The molecule has 2 saturated heterocycles. The van der Waals surface area contributed by atoms with Crippen LogP contribution in [-0.4, -0.2) is 46.5 Å². The topological polar surface area (TPSA) is 66.9 Å². The lowest BCUT2D eigenvalue weighted by atomic mass is 10.1. The smallest absolute Gasteiger partial charge is 0.294 e. The first-order valence-electron chi connectivity index (χ1n) is 10.6. The van der Waals surface area contributed by atoms with Gasteiger partial charge in [0.1, 0.15) is 13.2 Å². The molecule has 2 fully saturated rings. The lowest BCUT2D eigenvalue weighted by molar-refractivity contribution is -0.136. The van der Waals surface area contributed by atoms with Gasteiger partial charge < -0.3 is 9.64 Å². The maximum atomic E-state index is 12.8. The van der Waals surface area contributed by atoms with Crippen LogP contribution < -0.4 is 4.74 Å². The molecule has 3 amide bonds. The predicted molar refractivity (Wildman–Crippen MR) is 130 cm³/mol. The van der Waals surface area contributed by atoms with E-state index < -0.39 is 11.1 Å². The second-order valence-electron chi connectivity index (χ2n) is 7.80. The van der Waals surface area contributed by atoms with Gasteiger partial charge in [0.2, 0.25) is 5.91 Å². The molecule has 0 N–H and O–H groups in total. The van der Waals surface area contributed by atoms with Crippen molar-refractivity contribution >= 4 is 58.1 Å². The standard InChI is InChI=1S/C24H22Cl2N2O4S/c25-18-11-17(12-19(26)22(18)32-15-16-7-3-1-4-8-16)13-20-23(30)28(24(31)33-20)14-21(29)27-9-5-2-6-10-27/h1,3-4,7-8,11-13H,2,5-6,9-10,14-15H2/b20-13-. The number of amides is 3. The summed E-state index contributed by atoms with van der Waals surface area (Å²) in [4.78, 5) is 40.6. The Kier molecular flexibility index (Phi) is 7.63. The Hall–Kier alpha value is -2.48. The number of thioether (sulfide) groups is 1. The van der Waals surface area contributed by atoms with Gasteiger partial charge in [0, 0.05) is 13.1 Å². The number of halogens is 2. The second-order valence-corrected chi connectivity index (χ2v) is 9.60. The molecule has 0 aliphatic carbocycles. The Bertz CT molecular complexity index is 1080. The molecule has 2 heterocycles. The normalized spacial score (nSPS) is 17.7. The third-order valence-electron chi connectivity index (χ3n) is 5.42. The lowest BCUT2D eigenvalue weighted by Crippen LogP contribution is -2.44.